The van der Waals surface area contributed by atoms with Gasteiger partial charge in [0.15, 0.2) is 0 Å². The van der Waals surface area contributed by atoms with Crippen LogP contribution in [-0.4, -0.2) is 68.0 Å². The fourth-order valence-corrected chi connectivity index (χ4v) is 5.20. The van der Waals surface area contributed by atoms with E-state index in [0.29, 0.717) is 32.5 Å². The summed E-state index contributed by atoms with van der Waals surface area (Å²) in [7, 11) is 1.33. The molecule has 10 heteroatoms. The molecular weight excluding hydrogens is 512 g/mol. The van der Waals surface area contributed by atoms with E-state index in [1.165, 1.54) is 12.7 Å². The van der Waals surface area contributed by atoms with Crippen LogP contribution in [0.15, 0.2) is 12.1 Å². The molecule has 3 heterocycles. The molecule has 1 atom stereocenters. The molecule has 0 radical (unpaired) electrons. The molecule has 1 aromatic rings. The van der Waals surface area contributed by atoms with Gasteiger partial charge in [0.05, 0.1) is 12.5 Å². The van der Waals surface area contributed by atoms with E-state index in [1.54, 1.807) is 20.8 Å². The Labute approximate surface area is 238 Å². The van der Waals surface area contributed by atoms with Crippen molar-refractivity contribution in [3.8, 4) is 0 Å². The van der Waals surface area contributed by atoms with Crippen molar-refractivity contribution >= 4 is 23.8 Å². The largest absolute Gasteiger partial charge is 0.467 e. The third-order valence-electron chi connectivity index (χ3n) is 7.57. The maximum atomic E-state index is 13.5. The van der Waals surface area contributed by atoms with Crippen LogP contribution in [0.2, 0.25) is 0 Å². The molecule has 2 aliphatic rings. The second-order valence-electron chi connectivity index (χ2n) is 11.9. The molecule has 0 bridgehead atoms. The lowest BCUT2D eigenvalue weighted by atomic mass is 9.78. The Morgan fingerprint density at radius 3 is 2.55 bits per heavy atom. The van der Waals surface area contributed by atoms with E-state index in [1.807, 2.05) is 0 Å². The molecule has 3 N–H and O–H groups in total. The molecule has 1 saturated heterocycles. The highest BCUT2D eigenvalue weighted by Crippen LogP contribution is 2.31. The van der Waals surface area contributed by atoms with Crippen LogP contribution in [0.4, 0.5) is 10.6 Å². The number of esters is 1. The second-order valence-corrected chi connectivity index (χ2v) is 11.9. The van der Waals surface area contributed by atoms with Crippen LogP contribution in [0.1, 0.15) is 89.8 Å². The summed E-state index contributed by atoms with van der Waals surface area (Å²) in [6.45, 7) is 7.28. The quantitative estimate of drug-likeness (QED) is 0.241. The summed E-state index contributed by atoms with van der Waals surface area (Å²) in [5.41, 5.74) is 0.927. The van der Waals surface area contributed by atoms with Crippen molar-refractivity contribution in [1.82, 2.24) is 15.6 Å². The number of aromatic nitrogens is 1. The third-order valence-corrected chi connectivity index (χ3v) is 7.57. The first kappa shape index (κ1) is 31.6. The van der Waals surface area contributed by atoms with E-state index in [2.05, 4.69) is 28.1 Å². The van der Waals surface area contributed by atoms with Gasteiger partial charge in [0.1, 0.15) is 17.5 Å². The van der Waals surface area contributed by atoms with E-state index in [-0.39, 0.29) is 12.5 Å². The molecule has 2 aliphatic heterocycles. The number of hydrogen-bond acceptors (Lipinski definition) is 8. The number of aryl methyl sites for hydroxylation is 2. The topological polar surface area (TPSA) is 128 Å². The minimum Gasteiger partial charge on any atom is -0.467 e. The van der Waals surface area contributed by atoms with Crippen molar-refractivity contribution in [2.45, 2.75) is 103 Å². The summed E-state index contributed by atoms with van der Waals surface area (Å²) in [5.74, 6) is 0.319. The average molecular weight is 561 g/mol. The number of methoxy groups -OCH3 is 1. The maximum absolute atomic E-state index is 13.5. The predicted octanol–water partition coefficient (Wildman–Crippen LogP) is 4.30. The number of fused-ring (bicyclic) bond motifs is 1. The van der Waals surface area contributed by atoms with Gasteiger partial charge < -0.3 is 30.2 Å². The van der Waals surface area contributed by atoms with Gasteiger partial charge in [0.25, 0.3) is 0 Å². The van der Waals surface area contributed by atoms with Gasteiger partial charge in [-0.3, -0.25) is 4.79 Å². The minimum absolute atomic E-state index is 0.111. The highest BCUT2D eigenvalue weighted by molar-refractivity contribution is 5.88. The van der Waals surface area contributed by atoms with Crippen molar-refractivity contribution in [2.24, 2.45) is 5.41 Å². The normalized spacial score (nSPS) is 17.1. The fraction of sp³-hybridized carbons (Fsp3) is 0.733. The van der Waals surface area contributed by atoms with Crippen LogP contribution in [0.25, 0.3) is 0 Å². The lowest BCUT2D eigenvalue weighted by Crippen LogP contribution is -2.55. The average Bonchev–Trinajstić information content (AvgIpc) is 2.94. The van der Waals surface area contributed by atoms with Gasteiger partial charge in [-0.05, 0) is 77.3 Å². The summed E-state index contributed by atoms with van der Waals surface area (Å²) in [5, 5.41) is 9.06. The van der Waals surface area contributed by atoms with Crippen LogP contribution in [0, 0.1) is 5.41 Å². The predicted molar refractivity (Wildman–Crippen MR) is 153 cm³/mol. The molecule has 0 aliphatic carbocycles. The zero-order valence-corrected chi connectivity index (χ0v) is 24.7. The van der Waals surface area contributed by atoms with Crippen LogP contribution in [0.3, 0.4) is 0 Å². The number of nitrogens with one attached hydrogen (secondary N) is 3. The molecular formula is C30H48N4O6. The van der Waals surface area contributed by atoms with Crippen LogP contribution in [0.5, 0.6) is 0 Å². The number of nitrogens with zero attached hydrogens (tertiary/aromatic N) is 1. The molecule has 0 saturated carbocycles. The summed E-state index contributed by atoms with van der Waals surface area (Å²) in [6, 6.07) is 3.61. The number of alkyl carbamates (subject to hydrolysis) is 1. The molecule has 1 aromatic heterocycles. The molecule has 1 fully saturated rings. The van der Waals surface area contributed by atoms with Crippen LogP contribution in [-0.2, 0) is 36.6 Å². The smallest absolute Gasteiger partial charge is 0.407 e. The number of hydrogen-bond donors (Lipinski definition) is 3. The monoisotopic (exact) mass is 560 g/mol. The second kappa shape index (κ2) is 15.2. The highest BCUT2D eigenvalue weighted by atomic mass is 16.6. The zero-order valence-electron chi connectivity index (χ0n) is 24.7. The van der Waals surface area contributed by atoms with E-state index < -0.39 is 29.1 Å². The first-order valence-corrected chi connectivity index (χ1v) is 14.8. The van der Waals surface area contributed by atoms with E-state index in [9.17, 15) is 14.4 Å². The lowest BCUT2D eigenvalue weighted by molar-refractivity contribution is -0.148. The SMILES string of the molecule is COC(=O)[C@H](CCCCCCCc1ccc2c(n1)NCCC2)NC(=O)C1(CNC(=O)OC(C)(C)C)CCOCC1. The number of anilines is 1. The Morgan fingerprint density at radius 1 is 1.10 bits per heavy atom. The van der Waals surface area contributed by atoms with Gasteiger partial charge in [0.2, 0.25) is 5.91 Å². The van der Waals surface area contributed by atoms with Gasteiger partial charge in [0, 0.05) is 32.0 Å². The third kappa shape index (κ3) is 9.94. The summed E-state index contributed by atoms with van der Waals surface area (Å²) in [4.78, 5) is 43.0. The van der Waals surface area contributed by atoms with Crippen molar-refractivity contribution in [1.29, 1.82) is 0 Å². The number of amides is 2. The number of ether oxygens (including phenoxy) is 3. The first-order chi connectivity index (χ1) is 19.1. The molecule has 0 unspecified atom stereocenters. The first-order valence-electron chi connectivity index (χ1n) is 14.8. The maximum Gasteiger partial charge on any atom is 0.407 e. The van der Waals surface area contributed by atoms with E-state index in [4.69, 9.17) is 19.2 Å². The van der Waals surface area contributed by atoms with Gasteiger partial charge in [-0.2, -0.15) is 0 Å². The highest BCUT2D eigenvalue weighted by Gasteiger charge is 2.42. The summed E-state index contributed by atoms with van der Waals surface area (Å²) in [6.07, 6.45) is 8.99. The van der Waals surface area contributed by atoms with Crippen molar-refractivity contribution in [3.05, 3.63) is 23.4 Å². The molecule has 2 amide bonds. The number of carbonyl (C=O) groups excluding carboxylic acids is 3. The van der Waals surface area contributed by atoms with Crippen molar-refractivity contribution in [3.63, 3.8) is 0 Å². The van der Waals surface area contributed by atoms with Crippen LogP contribution < -0.4 is 16.0 Å². The van der Waals surface area contributed by atoms with Crippen molar-refractivity contribution in [2.75, 3.05) is 38.7 Å². The van der Waals surface area contributed by atoms with Gasteiger partial charge in [-0.15, -0.1) is 0 Å². The molecule has 0 spiro atoms. The van der Waals surface area contributed by atoms with E-state index >= 15 is 0 Å². The number of pyridine rings is 1. The Balaban J connectivity index is 1.43. The molecule has 3 rings (SSSR count). The minimum atomic E-state index is -0.873. The standard InChI is InChI=1S/C30H48N4O6/c1-29(2,3)40-28(37)32-21-30(16-19-39-20-17-30)27(36)34-24(26(35)38-4)13-9-7-5-6-8-12-23-15-14-22-11-10-18-31-25(22)33-23/h14-15,24H,5-13,16-21H2,1-4H3,(H,31,33)(H,32,37)(H,34,36)/t24-/m0/s1. The molecule has 10 nitrogen and oxygen atoms in total. The van der Waals surface area contributed by atoms with Crippen molar-refractivity contribution < 1.29 is 28.6 Å². The van der Waals surface area contributed by atoms with E-state index in [0.717, 1.165) is 69.4 Å². The Morgan fingerprint density at radius 2 is 1.82 bits per heavy atom. The molecule has 0 aromatic carbocycles. The van der Waals surface area contributed by atoms with Gasteiger partial charge in [-0.1, -0.05) is 31.7 Å². The van der Waals surface area contributed by atoms with Crippen LogP contribution >= 0.6 is 0 Å². The van der Waals surface area contributed by atoms with Gasteiger partial charge >= 0.3 is 12.1 Å². The number of unbranched alkanes of at least 4 members (excludes halogenated alkanes) is 4. The number of carbonyl (C=O) groups is 3. The Kier molecular flexibility index (Phi) is 12.0. The fourth-order valence-electron chi connectivity index (χ4n) is 5.20. The lowest BCUT2D eigenvalue weighted by Gasteiger charge is -2.37. The molecule has 40 heavy (non-hydrogen) atoms. The Bertz CT molecular complexity index is 987. The van der Waals surface area contributed by atoms with Gasteiger partial charge in [-0.25, -0.2) is 14.6 Å². The summed E-state index contributed by atoms with van der Waals surface area (Å²) >= 11 is 0. The zero-order chi connectivity index (χ0) is 29.0. The Hall–Kier alpha value is -2.88. The summed E-state index contributed by atoms with van der Waals surface area (Å²) < 4.78 is 15.8. The number of rotatable bonds is 13. The molecule has 224 valence electrons.